The SMILES string of the molecule is CC(C)c1nccnc1-c1csc(C#N)n1. The van der Waals surface area contributed by atoms with E-state index in [1.807, 2.05) is 11.4 Å². The van der Waals surface area contributed by atoms with E-state index in [1.54, 1.807) is 12.4 Å². The smallest absolute Gasteiger partial charge is 0.194 e. The molecule has 0 unspecified atom stereocenters. The number of thiazole rings is 1. The van der Waals surface area contributed by atoms with Crippen molar-refractivity contribution in [2.45, 2.75) is 19.8 Å². The van der Waals surface area contributed by atoms with Gasteiger partial charge in [-0.25, -0.2) is 4.98 Å². The fraction of sp³-hybridized carbons (Fsp3) is 0.273. The lowest BCUT2D eigenvalue weighted by atomic mass is 10.1. The molecule has 2 rings (SSSR count). The highest BCUT2D eigenvalue weighted by atomic mass is 32.1. The van der Waals surface area contributed by atoms with Crippen molar-refractivity contribution in [3.63, 3.8) is 0 Å². The molecule has 16 heavy (non-hydrogen) atoms. The topological polar surface area (TPSA) is 62.5 Å². The van der Waals surface area contributed by atoms with Crippen LogP contribution >= 0.6 is 11.3 Å². The Labute approximate surface area is 97.6 Å². The monoisotopic (exact) mass is 230 g/mol. The molecule has 0 bridgehead atoms. The highest BCUT2D eigenvalue weighted by molar-refractivity contribution is 7.10. The summed E-state index contributed by atoms with van der Waals surface area (Å²) in [5.74, 6) is 0.288. The lowest BCUT2D eigenvalue weighted by molar-refractivity contribution is 0.814. The van der Waals surface area contributed by atoms with Gasteiger partial charge in [-0.3, -0.25) is 9.97 Å². The summed E-state index contributed by atoms with van der Waals surface area (Å²) in [5, 5.41) is 11.0. The molecule has 0 radical (unpaired) electrons. The maximum absolute atomic E-state index is 8.74. The Morgan fingerprint density at radius 1 is 1.31 bits per heavy atom. The van der Waals surface area contributed by atoms with Gasteiger partial charge in [0.2, 0.25) is 0 Å². The van der Waals surface area contributed by atoms with Gasteiger partial charge in [-0.1, -0.05) is 13.8 Å². The Morgan fingerprint density at radius 2 is 2.06 bits per heavy atom. The molecule has 80 valence electrons. The van der Waals surface area contributed by atoms with E-state index in [9.17, 15) is 0 Å². The van der Waals surface area contributed by atoms with Gasteiger partial charge in [-0.15, -0.1) is 11.3 Å². The summed E-state index contributed by atoms with van der Waals surface area (Å²) in [7, 11) is 0. The number of rotatable bonds is 2. The molecule has 0 spiro atoms. The molecule has 0 aliphatic carbocycles. The van der Waals surface area contributed by atoms with Gasteiger partial charge in [-0.2, -0.15) is 5.26 Å². The van der Waals surface area contributed by atoms with Crippen molar-refractivity contribution in [1.29, 1.82) is 5.26 Å². The normalized spacial score (nSPS) is 10.4. The summed E-state index contributed by atoms with van der Waals surface area (Å²) in [6.45, 7) is 4.12. The van der Waals surface area contributed by atoms with Crippen molar-refractivity contribution in [2.24, 2.45) is 0 Å². The zero-order chi connectivity index (χ0) is 11.5. The first-order chi connectivity index (χ1) is 7.72. The first kappa shape index (κ1) is 10.7. The molecule has 0 saturated heterocycles. The zero-order valence-corrected chi connectivity index (χ0v) is 9.82. The molecule has 0 saturated carbocycles. The lowest BCUT2D eigenvalue weighted by Crippen LogP contribution is -1.98. The van der Waals surface area contributed by atoms with Gasteiger partial charge in [0.05, 0.1) is 5.69 Å². The second-order valence-electron chi connectivity index (χ2n) is 3.59. The number of hydrogen-bond acceptors (Lipinski definition) is 5. The van der Waals surface area contributed by atoms with Crippen LogP contribution in [0.1, 0.15) is 30.5 Å². The molecule has 2 aromatic heterocycles. The molecule has 4 nitrogen and oxygen atoms in total. The third-order valence-corrected chi connectivity index (χ3v) is 2.86. The summed E-state index contributed by atoms with van der Waals surface area (Å²) < 4.78 is 0. The van der Waals surface area contributed by atoms with E-state index < -0.39 is 0 Å². The minimum atomic E-state index is 0.288. The van der Waals surface area contributed by atoms with Crippen LogP contribution in [-0.2, 0) is 0 Å². The highest BCUT2D eigenvalue weighted by Crippen LogP contribution is 2.25. The third kappa shape index (κ3) is 1.92. The predicted octanol–water partition coefficient (Wildman–Crippen LogP) is 2.60. The van der Waals surface area contributed by atoms with Crippen molar-refractivity contribution in [2.75, 3.05) is 0 Å². The van der Waals surface area contributed by atoms with Gasteiger partial charge in [-0.05, 0) is 5.92 Å². The zero-order valence-electron chi connectivity index (χ0n) is 9.01. The molecule has 2 heterocycles. The van der Waals surface area contributed by atoms with E-state index in [0.29, 0.717) is 5.01 Å². The van der Waals surface area contributed by atoms with Crippen molar-refractivity contribution < 1.29 is 0 Å². The van der Waals surface area contributed by atoms with E-state index in [0.717, 1.165) is 17.1 Å². The Bertz CT molecular complexity index is 539. The van der Waals surface area contributed by atoms with Crippen molar-refractivity contribution >= 4 is 11.3 Å². The second-order valence-corrected chi connectivity index (χ2v) is 4.45. The molecule has 0 amide bonds. The molecule has 0 aliphatic heterocycles. The van der Waals surface area contributed by atoms with E-state index in [4.69, 9.17) is 5.26 Å². The third-order valence-electron chi connectivity index (χ3n) is 2.12. The quantitative estimate of drug-likeness (QED) is 0.795. The van der Waals surface area contributed by atoms with E-state index in [2.05, 4.69) is 28.8 Å². The average molecular weight is 230 g/mol. The predicted molar refractivity (Wildman–Crippen MR) is 61.9 cm³/mol. The summed E-state index contributed by atoms with van der Waals surface area (Å²) in [6.07, 6.45) is 3.32. The fourth-order valence-corrected chi connectivity index (χ4v) is 1.99. The highest BCUT2D eigenvalue weighted by Gasteiger charge is 2.13. The van der Waals surface area contributed by atoms with Gasteiger partial charge in [0.25, 0.3) is 0 Å². The molecule has 5 heteroatoms. The standard InChI is InChI=1S/C11H10N4S/c1-7(2)10-11(14-4-3-13-10)8-6-16-9(5-12)15-8/h3-4,6-7H,1-2H3. The average Bonchev–Trinajstić information content (AvgIpc) is 2.77. The first-order valence-corrected chi connectivity index (χ1v) is 5.77. The Morgan fingerprint density at radius 3 is 2.69 bits per heavy atom. The summed E-state index contributed by atoms with van der Waals surface area (Å²) >= 11 is 1.32. The molecule has 2 aromatic rings. The molecular weight excluding hydrogens is 220 g/mol. The molecule has 0 fully saturated rings. The van der Waals surface area contributed by atoms with E-state index >= 15 is 0 Å². The minimum Gasteiger partial charge on any atom is -0.257 e. The second kappa shape index (κ2) is 4.37. The maximum Gasteiger partial charge on any atom is 0.194 e. The molecule has 0 aliphatic rings. The fourth-order valence-electron chi connectivity index (χ4n) is 1.40. The number of aromatic nitrogens is 3. The van der Waals surface area contributed by atoms with Crippen molar-refractivity contribution in [1.82, 2.24) is 15.0 Å². The van der Waals surface area contributed by atoms with Crippen molar-refractivity contribution in [3.8, 4) is 17.5 Å². The summed E-state index contributed by atoms with van der Waals surface area (Å²) in [6, 6.07) is 2.03. The Kier molecular flexibility index (Phi) is 2.93. The van der Waals surface area contributed by atoms with Gasteiger partial charge >= 0.3 is 0 Å². The molecular formula is C11H10N4S. The van der Waals surface area contributed by atoms with Crippen LogP contribution in [0.4, 0.5) is 0 Å². The summed E-state index contributed by atoms with van der Waals surface area (Å²) in [5.41, 5.74) is 2.42. The number of hydrogen-bond donors (Lipinski definition) is 0. The number of nitrogens with zero attached hydrogens (tertiary/aromatic N) is 4. The van der Waals surface area contributed by atoms with Crippen LogP contribution in [0.5, 0.6) is 0 Å². The van der Waals surface area contributed by atoms with E-state index in [-0.39, 0.29) is 5.92 Å². The first-order valence-electron chi connectivity index (χ1n) is 4.89. The van der Waals surface area contributed by atoms with Crippen molar-refractivity contribution in [3.05, 3.63) is 28.5 Å². The minimum absolute atomic E-state index is 0.288. The van der Waals surface area contributed by atoms with E-state index in [1.165, 1.54) is 11.3 Å². The van der Waals surface area contributed by atoms with Crippen LogP contribution in [0.2, 0.25) is 0 Å². The van der Waals surface area contributed by atoms with Crippen LogP contribution in [0.25, 0.3) is 11.4 Å². The molecule has 0 N–H and O–H groups in total. The Hall–Kier alpha value is -1.80. The molecule has 0 atom stereocenters. The van der Waals surface area contributed by atoms with Crippen LogP contribution < -0.4 is 0 Å². The van der Waals surface area contributed by atoms with Crippen LogP contribution in [0, 0.1) is 11.3 Å². The van der Waals surface area contributed by atoms with Crippen LogP contribution in [0.15, 0.2) is 17.8 Å². The lowest BCUT2D eigenvalue weighted by Gasteiger charge is -2.07. The van der Waals surface area contributed by atoms with Crippen LogP contribution in [-0.4, -0.2) is 15.0 Å². The summed E-state index contributed by atoms with van der Waals surface area (Å²) in [4.78, 5) is 12.8. The maximum atomic E-state index is 8.74. The Balaban J connectivity index is 2.52. The molecule has 0 aromatic carbocycles. The number of nitriles is 1. The van der Waals surface area contributed by atoms with Crippen LogP contribution in [0.3, 0.4) is 0 Å². The largest absolute Gasteiger partial charge is 0.257 e. The van der Waals surface area contributed by atoms with Gasteiger partial charge in [0, 0.05) is 17.8 Å². The van der Waals surface area contributed by atoms with Gasteiger partial charge in [0.1, 0.15) is 17.5 Å². The van der Waals surface area contributed by atoms with Gasteiger partial charge < -0.3 is 0 Å². The van der Waals surface area contributed by atoms with Gasteiger partial charge in [0.15, 0.2) is 5.01 Å².